The third kappa shape index (κ3) is 16.0. The number of ether oxygens (including phenoxy) is 3. The van der Waals surface area contributed by atoms with E-state index in [-0.39, 0.29) is 42.6 Å². The second-order valence-corrected chi connectivity index (χ2v) is 10.3. The molecular weight excluding hydrogens is 507 g/mol. The summed E-state index contributed by atoms with van der Waals surface area (Å²) in [5.41, 5.74) is 0. The van der Waals surface area contributed by atoms with Crippen molar-refractivity contribution in [3.05, 3.63) is 12.2 Å². The fourth-order valence-corrected chi connectivity index (χ4v) is 4.21. The van der Waals surface area contributed by atoms with Gasteiger partial charge in [-0.2, -0.15) is 0 Å². The first kappa shape index (κ1) is 35.9. The van der Waals surface area contributed by atoms with E-state index in [2.05, 4.69) is 19.1 Å². The summed E-state index contributed by atoms with van der Waals surface area (Å²) in [7, 11) is -4.78. The molecule has 0 aromatic carbocycles. The molecule has 0 radical (unpaired) electrons. The molecule has 1 rings (SSSR count). The van der Waals surface area contributed by atoms with Crippen LogP contribution in [0.4, 0.5) is 0 Å². The van der Waals surface area contributed by atoms with E-state index in [1.54, 1.807) is 0 Å². The number of allylic oxidation sites excluding steroid dienone is 2. The zero-order chi connectivity index (χ0) is 26.3. The molecule has 0 saturated carbocycles. The number of carbonyl (C=O) groups is 1. The molecule has 13 heteroatoms. The molecule has 4 N–H and O–H groups in total. The van der Waals surface area contributed by atoms with E-state index < -0.39 is 65.3 Å². The number of carbonyl (C=O) groups excluding carboxylic acids is 1. The third-order valence-corrected chi connectivity index (χ3v) is 6.31. The van der Waals surface area contributed by atoms with Gasteiger partial charge in [-0.1, -0.05) is 51.2 Å². The number of hydrogen-bond acceptors (Lipinski definition) is 11. The largest absolute Gasteiger partial charge is 1.00 e. The summed E-state index contributed by atoms with van der Waals surface area (Å²) in [5, 5.41) is 39.5. The van der Waals surface area contributed by atoms with Crippen molar-refractivity contribution in [2.45, 2.75) is 108 Å². The van der Waals surface area contributed by atoms with Gasteiger partial charge in [-0.3, -0.25) is 4.79 Å². The van der Waals surface area contributed by atoms with Gasteiger partial charge in [0.25, 0.3) is 0 Å². The monoisotopic (exact) mass is 548 g/mol. The Balaban J connectivity index is 0.0000122. The Morgan fingerprint density at radius 3 is 2.22 bits per heavy atom. The maximum absolute atomic E-state index is 11.8. The van der Waals surface area contributed by atoms with Gasteiger partial charge >= 0.3 is 35.5 Å². The fraction of sp³-hybridized carbons (Fsp3) is 0.870. The van der Waals surface area contributed by atoms with Crippen molar-refractivity contribution in [1.29, 1.82) is 0 Å². The molecule has 0 spiro atoms. The molecule has 36 heavy (non-hydrogen) atoms. The first-order valence-corrected chi connectivity index (χ1v) is 13.9. The number of hydrogen-bond donors (Lipinski definition) is 4. The van der Waals surface area contributed by atoms with Gasteiger partial charge in [-0.05, 0) is 25.7 Å². The summed E-state index contributed by atoms with van der Waals surface area (Å²) in [6.07, 6.45) is 4.32. The molecule has 0 aromatic rings. The minimum atomic E-state index is -4.78. The molecule has 1 heterocycles. The van der Waals surface area contributed by atoms with E-state index in [4.69, 9.17) is 14.2 Å². The Morgan fingerprint density at radius 2 is 1.58 bits per heavy atom. The molecule has 0 amide bonds. The molecule has 0 aromatic heterocycles. The first-order valence-electron chi connectivity index (χ1n) is 12.3. The number of esters is 1. The first-order chi connectivity index (χ1) is 16.5. The molecule has 1 fully saturated rings. The molecule has 1 saturated heterocycles. The number of rotatable bonds is 18. The number of aliphatic hydroxyl groups excluding tert-OH is 4. The van der Waals surface area contributed by atoms with Crippen LogP contribution in [0.3, 0.4) is 0 Å². The summed E-state index contributed by atoms with van der Waals surface area (Å²) in [6, 6.07) is 0. The number of aliphatic hydroxyl groups is 4. The summed E-state index contributed by atoms with van der Waals surface area (Å²) in [4.78, 5) is 11.8. The van der Waals surface area contributed by atoms with Gasteiger partial charge < -0.3 is 39.2 Å². The van der Waals surface area contributed by atoms with E-state index >= 15 is 0 Å². The summed E-state index contributed by atoms with van der Waals surface area (Å²) in [6.45, 7) is 1.34. The zero-order valence-electron chi connectivity index (χ0n) is 21.4. The van der Waals surface area contributed by atoms with Crippen LogP contribution in [-0.4, -0.2) is 95.1 Å². The Kier molecular flexibility index (Phi) is 19.8. The molecule has 6 atom stereocenters. The van der Waals surface area contributed by atoms with E-state index in [1.165, 1.54) is 12.8 Å². The minimum Gasteiger partial charge on any atom is -0.748 e. The van der Waals surface area contributed by atoms with Crippen molar-refractivity contribution < 1.29 is 82.0 Å². The van der Waals surface area contributed by atoms with Crippen LogP contribution in [0.5, 0.6) is 0 Å². The van der Waals surface area contributed by atoms with Gasteiger partial charge in [0.15, 0.2) is 6.29 Å². The molecular formula is C23H41NaO11S. The minimum absolute atomic E-state index is 0. The van der Waals surface area contributed by atoms with Crippen molar-refractivity contribution >= 4 is 16.1 Å². The number of unbranched alkanes of at least 4 members (excludes halogenated alkanes) is 7. The average Bonchev–Trinajstić information content (AvgIpc) is 2.80. The molecule has 1 unspecified atom stereocenters. The van der Waals surface area contributed by atoms with Crippen LogP contribution in [0, 0.1) is 0 Å². The van der Waals surface area contributed by atoms with Gasteiger partial charge in [0.1, 0.15) is 37.1 Å². The van der Waals surface area contributed by atoms with Gasteiger partial charge in [-0.25, -0.2) is 8.42 Å². The molecule has 1 aliphatic rings. The van der Waals surface area contributed by atoms with Gasteiger partial charge in [0, 0.05) is 6.42 Å². The predicted octanol–water partition coefficient (Wildman–Crippen LogP) is -2.26. The van der Waals surface area contributed by atoms with Crippen LogP contribution in [-0.2, 0) is 29.1 Å². The smallest absolute Gasteiger partial charge is 0.748 e. The van der Waals surface area contributed by atoms with E-state index in [0.29, 0.717) is 6.42 Å². The Labute approximate surface area is 236 Å². The second-order valence-electron chi connectivity index (χ2n) is 8.83. The van der Waals surface area contributed by atoms with Crippen molar-refractivity contribution in [1.82, 2.24) is 0 Å². The SMILES string of the molecule is CCCC/C=C\CCCCCCCC(=O)OCC(O)CO[C@H]1O[C@H](CS(=O)(=O)[O-])[C@@H](O)[C@H](O)[C@H]1O.[Na+]. The van der Waals surface area contributed by atoms with Crippen LogP contribution in [0.2, 0.25) is 0 Å². The quantitative estimate of drug-likeness (QED) is 0.0477. The Bertz CT molecular complexity index is 719. The Hall–Kier alpha value is -0.120. The molecule has 0 bridgehead atoms. The molecule has 0 aliphatic carbocycles. The molecule has 1 aliphatic heterocycles. The topological polar surface area (TPSA) is 183 Å². The van der Waals surface area contributed by atoms with Crippen LogP contribution >= 0.6 is 0 Å². The van der Waals surface area contributed by atoms with Crippen molar-refractivity contribution in [3.63, 3.8) is 0 Å². The van der Waals surface area contributed by atoms with E-state index in [0.717, 1.165) is 38.5 Å². The average molecular weight is 549 g/mol. The molecule has 11 nitrogen and oxygen atoms in total. The second kappa shape index (κ2) is 19.9. The summed E-state index contributed by atoms with van der Waals surface area (Å²) >= 11 is 0. The van der Waals surface area contributed by atoms with Crippen molar-refractivity contribution in [2.75, 3.05) is 19.0 Å². The third-order valence-electron chi connectivity index (χ3n) is 5.57. The van der Waals surface area contributed by atoms with Crippen molar-refractivity contribution in [3.8, 4) is 0 Å². The van der Waals surface area contributed by atoms with E-state index in [1.807, 2.05) is 0 Å². The molecule has 206 valence electrons. The normalized spacial score (nSPS) is 25.4. The standard InChI is InChI=1S/C23H42O11S.Na/c1-2-3-4-5-6-7-8-9-10-11-12-13-19(25)32-14-17(24)15-33-23-22(28)21(27)20(26)18(34-23)16-35(29,30)31;/h5-6,17-18,20-24,26-28H,2-4,7-16H2,1H3,(H,29,30,31);/q;+1/p-1/b6-5-;/t17?,18-,20-,21+,22-,23+;/m1./s1. The van der Waals surface area contributed by atoms with E-state index in [9.17, 15) is 38.2 Å². The zero-order valence-corrected chi connectivity index (χ0v) is 24.2. The van der Waals surface area contributed by atoms with Gasteiger partial charge in [-0.15, -0.1) is 0 Å². The van der Waals surface area contributed by atoms with Crippen LogP contribution in [0.25, 0.3) is 0 Å². The van der Waals surface area contributed by atoms with Crippen LogP contribution < -0.4 is 29.6 Å². The van der Waals surface area contributed by atoms with Gasteiger partial charge in [0.05, 0.1) is 22.5 Å². The summed E-state index contributed by atoms with van der Waals surface area (Å²) in [5.74, 6) is -1.59. The van der Waals surface area contributed by atoms with Gasteiger partial charge in [0.2, 0.25) is 0 Å². The maximum atomic E-state index is 11.8. The van der Waals surface area contributed by atoms with Crippen molar-refractivity contribution in [2.24, 2.45) is 0 Å². The van der Waals surface area contributed by atoms with Crippen LogP contribution in [0.15, 0.2) is 12.2 Å². The maximum Gasteiger partial charge on any atom is 1.00 e. The summed E-state index contributed by atoms with van der Waals surface area (Å²) < 4.78 is 48.0. The predicted molar refractivity (Wildman–Crippen MR) is 125 cm³/mol. The Morgan fingerprint density at radius 1 is 0.972 bits per heavy atom. The van der Waals surface area contributed by atoms with Crippen LogP contribution in [0.1, 0.15) is 71.1 Å². The fourth-order valence-electron chi connectivity index (χ4n) is 3.53.